The summed E-state index contributed by atoms with van der Waals surface area (Å²) in [6.45, 7) is 2.62. The van der Waals surface area contributed by atoms with E-state index in [-0.39, 0.29) is 24.0 Å². The predicted octanol–water partition coefficient (Wildman–Crippen LogP) is 2.13. The van der Waals surface area contributed by atoms with Crippen LogP contribution in [0.25, 0.3) is 0 Å². The second-order valence-electron chi connectivity index (χ2n) is 6.93. The number of hydrogen-bond acceptors (Lipinski definition) is 4. The van der Waals surface area contributed by atoms with Crippen molar-refractivity contribution in [2.45, 2.75) is 50.7 Å². The lowest BCUT2D eigenvalue weighted by Crippen LogP contribution is -2.49. The molecule has 0 radical (unpaired) electrons. The van der Waals surface area contributed by atoms with Gasteiger partial charge in [0.25, 0.3) is 5.91 Å². The smallest absolute Gasteiger partial charge is 0.251 e. The molecule has 1 aromatic rings. The molecular formula is C20H28N2O4. The predicted molar refractivity (Wildman–Crippen MR) is 97.9 cm³/mol. The van der Waals surface area contributed by atoms with Gasteiger partial charge in [0.1, 0.15) is 11.9 Å². The Hall–Kier alpha value is -2.08. The van der Waals surface area contributed by atoms with Crippen LogP contribution in [0.2, 0.25) is 0 Å². The van der Waals surface area contributed by atoms with E-state index >= 15 is 0 Å². The number of rotatable bonds is 7. The number of amides is 2. The Morgan fingerprint density at radius 1 is 1.15 bits per heavy atom. The van der Waals surface area contributed by atoms with Crippen molar-refractivity contribution >= 4 is 11.8 Å². The van der Waals surface area contributed by atoms with Gasteiger partial charge in [0.2, 0.25) is 5.91 Å². The fourth-order valence-corrected chi connectivity index (χ4v) is 3.46. The van der Waals surface area contributed by atoms with Gasteiger partial charge in [-0.3, -0.25) is 9.59 Å². The molecule has 3 rings (SSSR count). The van der Waals surface area contributed by atoms with Crippen LogP contribution >= 0.6 is 0 Å². The van der Waals surface area contributed by atoms with Crippen LogP contribution < -0.4 is 10.1 Å². The fourth-order valence-electron chi connectivity index (χ4n) is 3.46. The Morgan fingerprint density at radius 2 is 1.92 bits per heavy atom. The Bertz CT molecular complexity index is 579. The van der Waals surface area contributed by atoms with Crippen molar-refractivity contribution in [2.75, 3.05) is 26.3 Å². The van der Waals surface area contributed by atoms with Crippen LogP contribution in [0.4, 0.5) is 0 Å². The first-order chi connectivity index (χ1) is 12.7. The van der Waals surface area contributed by atoms with Gasteiger partial charge in [0, 0.05) is 32.2 Å². The van der Waals surface area contributed by atoms with Gasteiger partial charge in [-0.1, -0.05) is 18.2 Å². The number of piperidine rings is 1. The zero-order valence-corrected chi connectivity index (χ0v) is 15.2. The molecule has 2 fully saturated rings. The summed E-state index contributed by atoms with van der Waals surface area (Å²) in [4.78, 5) is 26.3. The molecule has 6 heteroatoms. The highest BCUT2D eigenvalue weighted by Crippen LogP contribution is 2.18. The van der Waals surface area contributed by atoms with Gasteiger partial charge in [0.05, 0.1) is 6.61 Å². The molecule has 1 atom stereocenters. The van der Waals surface area contributed by atoms with Crippen LogP contribution in [0.15, 0.2) is 30.3 Å². The van der Waals surface area contributed by atoms with Gasteiger partial charge < -0.3 is 19.7 Å². The number of para-hydroxylation sites is 1. The average molecular weight is 360 g/mol. The highest BCUT2D eigenvalue weighted by molar-refractivity contribution is 5.81. The molecule has 1 unspecified atom stereocenters. The normalized spacial score (nSPS) is 20.8. The molecule has 0 spiro atoms. The molecule has 2 heterocycles. The Morgan fingerprint density at radius 3 is 2.62 bits per heavy atom. The third-order valence-electron chi connectivity index (χ3n) is 4.94. The van der Waals surface area contributed by atoms with Crippen molar-refractivity contribution in [3.05, 3.63) is 30.3 Å². The molecule has 0 saturated carbocycles. The molecule has 2 amide bonds. The number of nitrogens with one attached hydrogen (secondary N) is 1. The number of likely N-dealkylation sites (tertiary alicyclic amines) is 1. The van der Waals surface area contributed by atoms with E-state index in [1.165, 1.54) is 0 Å². The van der Waals surface area contributed by atoms with Crippen LogP contribution in [0.1, 0.15) is 38.5 Å². The monoisotopic (exact) mass is 360 g/mol. The fraction of sp³-hybridized carbons (Fsp3) is 0.600. The van der Waals surface area contributed by atoms with Gasteiger partial charge in [0.15, 0.2) is 0 Å². The molecule has 142 valence electrons. The lowest BCUT2D eigenvalue weighted by Gasteiger charge is -2.33. The van der Waals surface area contributed by atoms with Crippen LogP contribution in [0, 0.1) is 0 Å². The molecule has 0 aromatic heterocycles. The molecule has 6 nitrogen and oxygen atoms in total. The maximum absolute atomic E-state index is 12.3. The maximum Gasteiger partial charge on any atom is 0.251 e. The first-order valence-electron chi connectivity index (χ1n) is 9.60. The molecule has 2 aliphatic heterocycles. The second kappa shape index (κ2) is 9.57. The number of benzene rings is 1. The number of carbonyl (C=O) groups excluding carboxylic acids is 2. The Kier molecular flexibility index (Phi) is 6.89. The largest absolute Gasteiger partial charge is 0.494 e. The number of hydrogen-bond donors (Lipinski definition) is 1. The first-order valence-corrected chi connectivity index (χ1v) is 9.60. The van der Waals surface area contributed by atoms with Crippen molar-refractivity contribution in [1.82, 2.24) is 10.2 Å². The van der Waals surface area contributed by atoms with E-state index < -0.39 is 0 Å². The Balaban J connectivity index is 1.29. The van der Waals surface area contributed by atoms with E-state index in [4.69, 9.17) is 9.47 Å². The van der Waals surface area contributed by atoms with E-state index in [1.807, 2.05) is 35.2 Å². The summed E-state index contributed by atoms with van der Waals surface area (Å²) in [7, 11) is 0. The number of carbonyl (C=O) groups is 2. The van der Waals surface area contributed by atoms with Crippen LogP contribution in [0.3, 0.4) is 0 Å². The molecular weight excluding hydrogens is 332 g/mol. The summed E-state index contributed by atoms with van der Waals surface area (Å²) in [5, 5.41) is 3.08. The standard InChI is InChI=1S/C20H28N2O4/c23-19(9-5-14-25-17-6-2-1-3-7-17)21-16-10-12-22(13-11-16)20(24)18-8-4-15-26-18/h1-3,6-7,16,18H,4-5,8-15H2,(H,21,23). The highest BCUT2D eigenvalue weighted by atomic mass is 16.5. The molecule has 0 aliphatic carbocycles. The number of nitrogens with zero attached hydrogens (tertiary/aromatic N) is 1. The third-order valence-corrected chi connectivity index (χ3v) is 4.94. The van der Waals surface area contributed by atoms with Crippen molar-refractivity contribution in [3.8, 4) is 5.75 Å². The van der Waals surface area contributed by atoms with Crippen molar-refractivity contribution < 1.29 is 19.1 Å². The molecule has 1 N–H and O–H groups in total. The zero-order chi connectivity index (χ0) is 18.2. The summed E-state index contributed by atoms with van der Waals surface area (Å²) in [6, 6.07) is 9.78. The molecule has 2 aliphatic rings. The number of ether oxygens (including phenoxy) is 2. The van der Waals surface area contributed by atoms with Crippen molar-refractivity contribution in [3.63, 3.8) is 0 Å². The lowest BCUT2D eigenvalue weighted by molar-refractivity contribution is -0.142. The van der Waals surface area contributed by atoms with Crippen LogP contribution in [0.5, 0.6) is 5.75 Å². The zero-order valence-electron chi connectivity index (χ0n) is 15.2. The van der Waals surface area contributed by atoms with E-state index in [1.54, 1.807) is 0 Å². The topological polar surface area (TPSA) is 67.9 Å². The molecule has 26 heavy (non-hydrogen) atoms. The second-order valence-corrected chi connectivity index (χ2v) is 6.93. The minimum Gasteiger partial charge on any atom is -0.494 e. The minimum atomic E-state index is -0.245. The molecule has 2 saturated heterocycles. The third kappa shape index (κ3) is 5.46. The first kappa shape index (κ1) is 18.7. The summed E-state index contributed by atoms with van der Waals surface area (Å²) in [5.74, 6) is 1.01. The SMILES string of the molecule is O=C(CCCOc1ccccc1)NC1CCN(C(=O)C2CCCO2)CC1. The van der Waals surface area contributed by atoms with Crippen molar-refractivity contribution in [1.29, 1.82) is 0 Å². The Labute approximate surface area is 154 Å². The summed E-state index contributed by atoms with van der Waals surface area (Å²) in [6.07, 6.45) is 4.33. The molecule has 1 aromatic carbocycles. The quantitative estimate of drug-likeness (QED) is 0.757. The van der Waals surface area contributed by atoms with Gasteiger partial charge >= 0.3 is 0 Å². The van der Waals surface area contributed by atoms with Gasteiger partial charge in [-0.25, -0.2) is 0 Å². The van der Waals surface area contributed by atoms with Gasteiger partial charge in [-0.15, -0.1) is 0 Å². The van der Waals surface area contributed by atoms with Crippen LogP contribution in [-0.4, -0.2) is 55.2 Å². The molecule has 0 bridgehead atoms. The summed E-state index contributed by atoms with van der Waals surface area (Å²) >= 11 is 0. The van der Waals surface area contributed by atoms with Crippen LogP contribution in [-0.2, 0) is 14.3 Å². The van der Waals surface area contributed by atoms with E-state index in [0.717, 1.165) is 31.4 Å². The lowest BCUT2D eigenvalue weighted by atomic mass is 10.0. The summed E-state index contributed by atoms with van der Waals surface area (Å²) < 4.78 is 11.1. The van der Waals surface area contributed by atoms with E-state index in [2.05, 4.69) is 5.32 Å². The minimum absolute atomic E-state index is 0.0607. The highest BCUT2D eigenvalue weighted by Gasteiger charge is 2.31. The summed E-state index contributed by atoms with van der Waals surface area (Å²) in [5.41, 5.74) is 0. The average Bonchev–Trinajstić information content (AvgIpc) is 3.21. The maximum atomic E-state index is 12.3. The van der Waals surface area contributed by atoms with E-state index in [9.17, 15) is 9.59 Å². The van der Waals surface area contributed by atoms with Gasteiger partial charge in [-0.2, -0.15) is 0 Å². The van der Waals surface area contributed by atoms with Gasteiger partial charge in [-0.05, 0) is 44.2 Å². The van der Waals surface area contributed by atoms with Crippen molar-refractivity contribution in [2.24, 2.45) is 0 Å². The van der Waals surface area contributed by atoms with E-state index in [0.29, 0.717) is 39.1 Å².